The highest BCUT2D eigenvalue weighted by atomic mass is 16.6. The van der Waals surface area contributed by atoms with Crippen molar-refractivity contribution in [3.05, 3.63) is 88.5 Å². The quantitative estimate of drug-likeness (QED) is 0.211. The molecular weight excluding hydrogens is 558 g/mol. The zero-order valence-electron chi connectivity index (χ0n) is 27.3. The third kappa shape index (κ3) is 9.09. The second-order valence-corrected chi connectivity index (χ2v) is 12.3. The summed E-state index contributed by atoms with van der Waals surface area (Å²) in [5, 5.41) is 2.85. The molecule has 1 aliphatic carbocycles. The van der Waals surface area contributed by atoms with Crippen LogP contribution in [-0.2, 0) is 30.3 Å². The van der Waals surface area contributed by atoms with E-state index in [1.807, 2.05) is 71.0 Å². The van der Waals surface area contributed by atoms with Crippen LogP contribution in [0, 0.1) is 13.8 Å². The van der Waals surface area contributed by atoms with Gasteiger partial charge in [0.25, 0.3) is 0 Å². The zero-order valence-corrected chi connectivity index (χ0v) is 27.3. The average molecular weight is 604 g/mol. The summed E-state index contributed by atoms with van der Waals surface area (Å²) in [6, 6.07) is 20.4. The van der Waals surface area contributed by atoms with E-state index in [1.54, 1.807) is 20.8 Å². The van der Waals surface area contributed by atoms with Crippen molar-refractivity contribution in [2.75, 3.05) is 13.2 Å². The number of amides is 1. The molecule has 44 heavy (non-hydrogen) atoms. The number of fused-ring (bicyclic) bond motifs is 3. The van der Waals surface area contributed by atoms with Crippen LogP contribution in [0.1, 0.15) is 82.2 Å². The predicted octanol–water partition coefficient (Wildman–Crippen LogP) is 7.41. The lowest BCUT2D eigenvalue weighted by Crippen LogP contribution is -2.40. The van der Waals surface area contributed by atoms with Gasteiger partial charge in [0.2, 0.25) is 0 Å². The number of alkyl carbamates (subject to hydrolysis) is 1. The lowest BCUT2D eigenvalue weighted by molar-refractivity contribution is -0.158. The molecule has 0 bridgehead atoms. The van der Waals surface area contributed by atoms with Crippen LogP contribution in [0.25, 0.3) is 11.1 Å². The average Bonchev–Trinajstić information content (AvgIpc) is 3.25. The molecule has 0 saturated heterocycles. The minimum atomic E-state index is -1.10. The Labute approximate surface area is 261 Å². The third-order valence-electron chi connectivity index (χ3n) is 6.87. The van der Waals surface area contributed by atoms with E-state index in [1.165, 1.54) is 29.2 Å². The summed E-state index contributed by atoms with van der Waals surface area (Å²) in [6.45, 7) is 16.8. The van der Waals surface area contributed by atoms with Crippen LogP contribution >= 0.6 is 0 Å². The van der Waals surface area contributed by atoms with E-state index in [4.69, 9.17) is 18.9 Å². The Balaban J connectivity index is 0.000000583. The number of carbonyl (C=O) groups excluding carboxylic acids is 3. The first kappa shape index (κ1) is 34.2. The van der Waals surface area contributed by atoms with Crippen molar-refractivity contribution in [3.63, 3.8) is 0 Å². The Morgan fingerprint density at radius 2 is 1.34 bits per heavy atom. The van der Waals surface area contributed by atoms with Crippen LogP contribution in [0.2, 0.25) is 0 Å². The first-order valence-electron chi connectivity index (χ1n) is 14.9. The van der Waals surface area contributed by atoms with Gasteiger partial charge in [0, 0.05) is 19.4 Å². The maximum Gasteiger partial charge on any atom is 0.407 e. The summed E-state index contributed by atoms with van der Waals surface area (Å²) in [5.74, 6) is 0.0204. The molecule has 0 heterocycles. The van der Waals surface area contributed by atoms with Crippen molar-refractivity contribution in [2.45, 2.75) is 86.0 Å². The molecule has 0 aliphatic heterocycles. The summed E-state index contributed by atoms with van der Waals surface area (Å²) in [5.41, 5.74) is 5.98. The molecule has 8 heteroatoms. The van der Waals surface area contributed by atoms with Crippen molar-refractivity contribution in [1.82, 2.24) is 5.32 Å². The van der Waals surface area contributed by atoms with Gasteiger partial charge >= 0.3 is 18.0 Å². The van der Waals surface area contributed by atoms with Crippen molar-refractivity contribution in [3.8, 4) is 16.9 Å². The van der Waals surface area contributed by atoms with Gasteiger partial charge in [-0.25, -0.2) is 9.59 Å². The first-order valence-corrected chi connectivity index (χ1v) is 14.9. The molecule has 0 atom stereocenters. The van der Waals surface area contributed by atoms with E-state index in [9.17, 15) is 14.4 Å². The topological polar surface area (TPSA) is 100 Å². The number of rotatable bonds is 8. The van der Waals surface area contributed by atoms with E-state index < -0.39 is 17.7 Å². The highest BCUT2D eigenvalue weighted by molar-refractivity contribution is 5.80. The Morgan fingerprint density at radius 1 is 0.818 bits per heavy atom. The smallest absolute Gasteiger partial charge is 0.407 e. The van der Waals surface area contributed by atoms with Gasteiger partial charge in [-0.3, -0.25) is 4.79 Å². The number of ether oxygens (including phenoxy) is 4. The Morgan fingerprint density at radius 3 is 1.80 bits per heavy atom. The summed E-state index contributed by atoms with van der Waals surface area (Å²) < 4.78 is 21.6. The fraction of sp³-hybridized carbons (Fsp3) is 0.417. The van der Waals surface area contributed by atoms with E-state index in [0.29, 0.717) is 18.9 Å². The number of carbonyl (C=O) groups is 3. The number of hydrogen-bond acceptors (Lipinski definition) is 7. The fourth-order valence-corrected chi connectivity index (χ4v) is 5.16. The van der Waals surface area contributed by atoms with Crippen LogP contribution in [0.5, 0.6) is 5.75 Å². The van der Waals surface area contributed by atoms with E-state index in [-0.39, 0.29) is 24.1 Å². The molecule has 4 rings (SSSR count). The molecule has 3 aromatic carbocycles. The third-order valence-corrected chi connectivity index (χ3v) is 6.87. The second-order valence-electron chi connectivity index (χ2n) is 12.3. The van der Waals surface area contributed by atoms with Crippen LogP contribution < -0.4 is 10.1 Å². The highest BCUT2D eigenvalue weighted by Crippen LogP contribution is 2.44. The molecule has 0 fully saturated rings. The van der Waals surface area contributed by atoms with Gasteiger partial charge in [-0.15, -0.1) is 0 Å². The van der Waals surface area contributed by atoms with Gasteiger partial charge in [-0.05, 0) is 94.3 Å². The number of benzene rings is 3. The lowest BCUT2D eigenvalue weighted by atomic mass is 9.98. The Kier molecular flexibility index (Phi) is 11.2. The van der Waals surface area contributed by atoms with Crippen LogP contribution in [0.3, 0.4) is 0 Å². The van der Waals surface area contributed by atoms with Gasteiger partial charge in [0.1, 0.15) is 18.0 Å². The maximum absolute atomic E-state index is 12.5. The minimum Gasteiger partial charge on any atom is -0.476 e. The van der Waals surface area contributed by atoms with E-state index >= 15 is 0 Å². The SMILES string of the molecule is CC(=O)OC(C)(C)C.CCOC(=O)C(C)(C)Oc1c(C)cc(CNC(=O)OCC2c3ccccc3-c3ccccc32)cc1C. The van der Waals surface area contributed by atoms with Crippen LogP contribution in [0.4, 0.5) is 4.79 Å². The molecule has 0 saturated carbocycles. The largest absolute Gasteiger partial charge is 0.476 e. The van der Waals surface area contributed by atoms with Crippen molar-refractivity contribution >= 4 is 18.0 Å². The molecule has 1 aliphatic rings. The van der Waals surface area contributed by atoms with Crippen LogP contribution in [-0.4, -0.2) is 42.4 Å². The number of hydrogen-bond donors (Lipinski definition) is 1. The van der Waals surface area contributed by atoms with Gasteiger partial charge in [-0.1, -0.05) is 60.7 Å². The van der Waals surface area contributed by atoms with Crippen LogP contribution in [0.15, 0.2) is 60.7 Å². The number of esters is 2. The number of aryl methyl sites for hydroxylation is 2. The number of nitrogens with one attached hydrogen (secondary N) is 1. The molecule has 236 valence electrons. The molecule has 8 nitrogen and oxygen atoms in total. The van der Waals surface area contributed by atoms with Gasteiger partial charge in [-0.2, -0.15) is 0 Å². The normalized spacial score (nSPS) is 12.2. The molecule has 1 amide bonds. The molecule has 0 radical (unpaired) electrons. The summed E-state index contributed by atoms with van der Waals surface area (Å²) in [6.07, 6.45) is -0.462. The molecule has 0 spiro atoms. The molecule has 0 aromatic heterocycles. The minimum absolute atomic E-state index is 0.0202. The second kappa shape index (κ2) is 14.4. The summed E-state index contributed by atoms with van der Waals surface area (Å²) >= 11 is 0. The predicted molar refractivity (Wildman–Crippen MR) is 171 cm³/mol. The zero-order chi connectivity index (χ0) is 32.7. The van der Waals surface area contributed by atoms with Crippen molar-refractivity contribution < 1.29 is 33.3 Å². The van der Waals surface area contributed by atoms with E-state index in [2.05, 4.69) is 29.6 Å². The van der Waals surface area contributed by atoms with Gasteiger partial charge in [0.15, 0.2) is 5.60 Å². The van der Waals surface area contributed by atoms with Gasteiger partial charge < -0.3 is 24.3 Å². The standard InChI is InChI=1S/C30H33NO5.C6H12O2/c1-6-34-28(32)30(4,5)36-27-19(2)15-21(16-20(27)3)17-31-29(33)35-18-26-24-13-9-7-11-22(24)23-12-8-10-14-25(23)26;1-5(7)8-6(2,3)4/h7-16,26H,6,17-18H2,1-5H3,(H,31,33);1-4H3. The summed E-state index contributed by atoms with van der Waals surface area (Å²) in [4.78, 5) is 35.0. The summed E-state index contributed by atoms with van der Waals surface area (Å²) in [7, 11) is 0. The highest BCUT2D eigenvalue weighted by Gasteiger charge is 2.33. The monoisotopic (exact) mass is 603 g/mol. The Bertz CT molecular complexity index is 1420. The lowest BCUT2D eigenvalue weighted by Gasteiger charge is -2.26. The Hall–Kier alpha value is -4.33. The van der Waals surface area contributed by atoms with Gasteiger partial charge in [0.05, 0.1) is 6.61 Å². The molecule has 1 N–H and O–H groups in total. The maximum atomic E-state index is 12.5. The molecule has 3 aromatic rings. The first-order chi connectivity index (χ1) is 20.6. The van der Waals surface area contributed by atoms with Crippen molar-refractivity contribution in [2.24, 2.45) is 0 Å². The molecule has 0 unspecified atom stereocenters. The van der Waals surface area contributed by atoms with Crippen molar-refractivity contribution in [1.29, 1.82) is 0 Å². The fourth-order valence-electron chi connectivity index (χ4n) is 5.16. The molecular formula is C36H45NO7. The van der Waals surface area contributed by atoms with E-state index in [0.717, 1.165) is 16.7 Å².